The Kier molecular flexibility index (Phi) is 6.49. The quantitative estimate of drug-likeness (QED) is 0.394. The average molecular weight is 380 g/mol. The Hall–Kier alpha value is -2.79. The monoisotopic (exact) mass is 379 g/mol. The molecule has 0 aliphatic heterocycles. The number of aryl methyl sites for hydroxylation is 1. The fourth-order valence-corrected chi connectivity index (χ4v) is 3.52. The summed E-state index contributed by atoms with van der Waals surface area (Å²) in [7, 11) is 0. The molecule has 3 rings (SSSR count). The molecule has 0 fully saturated rings. The molecule has 0 saturated carbocycles. The maximum absolute atomic E-state index is 14.3. The summed E-state index contributed by atoms with van der Waals surface area (Å²) in [5.74, 6) is -0.267. The van der Waals surface area contributed by atoms with Crippen molar-refractivity contribution in [1.82, 2.24) is 4.68 Å². The third-order valence-corrected chi connectivity index (χ3v) is 4.93. The standard InChI is InChI=1S/C22H22FN3S/c1-3-15-24-22-26(21(16-27-22)19-11-7-8-12-20(19)23)25-17(2)13-14-18-9-5-4-6-10-18/h3-12,16H,1,13-15H2,2H3. The highest BCUT2D eigenvalue weighted by atomic mass is 32.1. The van der Waals surface area contributed by atoms with Gasteiger partial charge in [0.1, 0.15) is 5.82 Å². The fourth-order valence-electron chi connectivity index (χ4n) is 2.69. The second-order valence-electron chi connectivity index (χ2n) is 6.15. The van der Waals surface area contributed by atoms with E-state index in [1.165, 1.54) is 23.0 Å². The van der Waals surface area contributed by atoms with Crippen LogP contribution in [0.15, 0.2) is 82.7 Å². The van der Waals surface area contributed by atoms with Crippen molar-refractivity contribution >= 4 is 17.0 Å². The van der Waals surface area contributed by atoms with Crippen LogP contribution in [0.5, 0.6) is 0 Å². The van der Waals surface area contributed by atoms with Gasteiger partial charge in [-0.3, -0.25) is 4.99 Å². The van der Waals surface area contributed by atoms with Crippen LogP contribution in [0.3, 0.4) is 0 Å². The number of aromatic nitrogens is 1. The molecule has 27 heavy (non-hydrogen) atoms. The van der Waals surface area contributed by atoms with Crippen LogP contribution in [0.4, 0.5) is 4.39 Å². The van der Waals surface area contributed by atoms with Crippen LogP contribution in [0, 0.1) is 5.82 Å². The van der Waals surface area contributed by atoms with Crippen molar-refractivity contribution in [1.29, 1.82) is 0 Å². The summed E-state index contributed by atoms with van der Waals surface area (Å²) in [4.78, 5) is 5.23. The predicted octanol–water partition coefficient (Wildman–Crippen LogP) is 5.30. The minimum Gasteiger partial charge on any atom is -0.253 e. The zero-order chi connectivity index (χ0) is 19.1. The molecule has 138 valence electrons. The van der Waals surface area contributed by atoms with Gasteiger partial charge in [0, 0.05) is 16.7 Å². The summed E-state index contributed by atoms with van der Waals surface area (Å²) in [6.07, 6.45) is 3.47. The van der Waals surface area contributed by atoms with Crippen molar-refractivity contribution in [2.24, 2.45) is 10.1 Å². The first kappa shape index (κ1) is 19.0. The third kappa shape index (κ3) is 4.89. The first-order chi connectivity index (χ1) is 13.2. The van der Waals surface area contributed by atoms with Crippen LogP contribution in [0.25, 0.3) is 11.3 Å². The van der Waals surface area contributed by atoms with E-state index in [2.05, 4.69) is 23.7 Å². The van der Waals surface area contributed by atoms with Crippen LogP contribution < -0.4 is 4.80 Å². The van der Waals surface area contributed by atoms with E-state index < -0.39 is 0 Å². The van der Waals surface area contributed by atoms with Crippen LogP contribution in [-0.4, -0.2) is 16.9 Å². The molecule has 1 heterocycles. The van der Waals surface area contributed by atoms with E-state index in [-0.39, 0.29) is 5.82 Å². The van der Waals surface area contributed by atoms with Gasteiger partial charge >= 0.3 is 0 Å². The molecule has 0 aliphatic carbocycles. The molecule has 0 N–H and O–H groups in total. The van der Waals surface area contributed by atoms with Gasteiger partial charge in [-0.25, -0.2) is 9.07 Å². The van der Waals surface area contributed by atoms with E-state index in [4.69, 9.17) is 5.10 Å². The van der Waals surface area contributed by atoms with E-state index in [9.17, 15) is 4.39 Å². The SMILES string of the molecule is C=CCN=c1scc(-c2ccccc2F)n1N=C(C)CCc1ccccc1. The van der Waals surface area contributed by atoms with Crippen LogP contribution in [0.1, 0.15) is 18.9 Å². The highest BCUT2D eigenvalue weighted by Crippen LogP contribution is 2.23. The van der Waals surface area contributed by atoms with Crippen LogP contribution >= 0.6 is 11.3 Å². The van der Waals surface area contributed by atoms with Crippen molar-refractivity contribution in [3.8, 4) is 11.3 Å². The maximum Gasteiger partial charge on any atom is 0.206 e. The molecule has 0 bridgehead atoms. The topological polar surface area (TPSA) is 29.6 Å². The van der Waals surface area contributed by atoms with Crippen molar-refractivity contribution in [3.63, 3.8) is 0 Å². The second-order valence-corrected chi connectivity index (χ2v) is 6.98. The Morgan fingerprint density at radius 3 is 2.63 bits per heavy atom. The lowest BCUT2D eigenvalue weighted by atomic mass is 10.1. The normalized spacial score (nSPS) is 12.4. The van der Waals surface area contributed by atoms with Crippen LogP contribution in [-0.2, 0) is 6.42 Å². The summed E-state index contributed by atoms with van der Waals surface area (Å²) in [6.45, 7) is 6.21. The Bertz CT molecular complexity index is 1000. The number of nitrogens with zero attached hydrogens (tertiary/aromatic N) is 3. The van der Waals surface area contributed by atoms with E-state index in [1.54, 1.807) is 22.9 Å². The zero-order valence-electron chi connectivity index (χ0n) is 15.3. The molecule has 0 unspecified atom stereocenters. The number of hydrogen-bond acceptors (Lipinski definition) is 3. The van der Waals surface area contributed by atoms with Gasteiger partial charge in [0.15, 0.2) is 0 Å². The molecule has 0 amide bonds. The Morgan fingerprint density at radius 1 is 1.15 bits per heavy atom. The summed E-state index contributed by atoms with van der Waals surface area (Å²) in [6, 6.07) is 17.1. The summed E-state index contributed by atoms with van der Waals surface area (Å²) in [5, 5.41) is 6.65. The smallest absolute Gasteiger partial charge is 0.206 e. The van der Waals surface area contributed by atoms with Crippen molar-refractivity contribution < 1.29 is 4.39 Å². The lowest BCUT2D eigenvalue weighted by molar-refractivity contribution is 0.629. The lowest BCUT2D eigenvalue weighted by Gasteiger charge is -2.07. The molecular weight excluding hydrogens is 357 g/mol. The molecule has 2 aromatic carbocycles. The molecule has 1 aromatic heterocycles. The minimum absolute atomic E-state index is 0.267. The average Bonchev–Trinajstić information content (AvgIpc) is 3.08. The first-order valence-corrected chi connectivity index (χ1v) is 9.72. The Balaban J connectivity index is 1.95. The van der Waals surface area contributed by atoms with Gasteiger partial charge in [0.05, 0.1) is 12.2 Å². The summed E-state index contributed by atoms with van der Waals surface area (Å²) < 4.78 is 16.1. The molecular formula is C22H22FN3S. The molecule has 0 radical (unpaired) electrons. The number of thiazole rings is 1. The molecule has 3 aromatic rings. The van der Waals surface area contributed by atoms with E-state index in [0.717, 1.165) is 23.4 Å². The van der Waals surface area contributed by atoms with Crippen molar-refractivity contribution in [2.75, 3.05) is 6.54 Å². The molecule has 0 saturated heterocycles. The Labute approximate surface area is 162 Å². The zero-order valence-corrected chi connectivity index (χ0v) is 16.1. The Morgan fingerprint density at radius 2 is 1.89 bits per heavy atom. The molecule has 3 nitrogen and oxygen atoms in total. The first-order valence-electron chi connectivity index (χ1n) is 8.84. The largest absolute Gasteiger partial charge is 0.253 e. The minimum atomic E-state index is -0.267. The van der Waals surface area contributed by atoms with Gasteiger partial charge < -0.3 is 0 Å². The van der Waals surface area contributed by atoms with E-state index >= 15 is 0 Å². The van der Waals surface area contributed by atoms with Gasteiger partial charge in [-0.05, 0) is 37.5 Å². The van der Waals surface area contributed by atoms with Crippen molar-refractivity contribution in [2.45, 2.75) is 19.8 Å². The maximum atomic E-state index is 14.3. The van der Waals surface area contributed by atoms with Gasteiger partial charge in [0.2, 0.25) is 4.80 Å². The van der Waals surface area contributed by atoms with Crippen molar-refractivity contribution in [3.05, 3.63) is 88.8 Å². The highest BCUT2D eigenvalue weighted by Gasteiger charge is 2.12. The molecule has 0 spiro atoms. The van der Waals surface area contributed by atoms with Gasteiger partial charge in [-0.15, -0.1) is 17.9 Å². The van der Waals surface area contributed by atoms with Gasteiger partial charge in [0.25, 0.3) is 0 Å². The second kappa shape index (κ2) is 9.24. The molecule has 0 atom stereocenters. The lowest BCUT2D eigenvalue weighted by Crippen LogP contribution is -2.14. The summed E-state index contributed by atoms with van der Waals surface area (Å²) in [5.41, 5.74) is 3.47. The van der Waals surface area contributed by atoms with Gasteiger partial charge in [-0.1, -0.05) is 48.5 Å². The van der Waals surface area contributed by atoms with Gasteiger partial charge in [-0.2, -0.15) is 5.10 Å². The predicted molar refractivity (Wildman–Crippen MR) is 112 cm³/mol. The fraction of sp³-hybridized carbons (Fsp3) is 0.182. The molecule has 5 heteroatoms. The molecule has 0 aliphatic rings. The highest BCUT2D eigenvalue weighted by molar-refractivity contribution is 7.07. The van der Waals surface area contributed by atoms with E-state index in [1.807, 2.05) is 36.6 Å². The third-order valence-electron chi connectivity index (χ3n) is 4.08. The number of rotatable bonds is 7. The summed E-state index contributed by atoms with van der Waals surface area (Å²) >= 11 is 1.45. The van der Waals surface area contributed by atoms with E-state index in [0.29, 0.717) is 17.8 Å². The number of halogens is 1. The number of hydrogen-bond donors (Lipinski definition) is 0. The van der Waals surface area contributed by atoms with Crippen LogP contribution in [0.2, 0.25) is 0 Å². The number of benzene rings is 2.